The first-order valence-electron chi connectivity index (χ1n) is 21.3. The molecular weight excluding hydrogens is 842 g/mol. The summed E-state index contributed by atoms with van der Waals surface area (Å²) in [6, 6.07) is 20.7. The molecule has 1 unspecified atom stereocenters. The Kier molecular flexibility index (Phi) is 14.3. The van der Waals surface area contributed by atoms with Crippen molar-refractivity contribution in [1.29, 1.82) is 0 Å². The van der Waals surface area contributed by atoms with E-state index in [2.05, 4.69) is 61.5 Å². The average molecular weight is 896 g/mol. The quantitative estimate of drug-likeness (QED) is 0.0887. The van der Waals surface area contributed by atoms with Crippen LogP contribution in [0.15, 0.2) is 90.2 Å². The number of imidazole rings is 1. The molecule has 0 saturated carbocycles. The summed E-state index contributed by atoms with van der Waals surface area (Å²) in [5, 5.41) is 5.38. The summed E-state index contributed by atoms with van der Waals surface area (Å²) >= 11 is 0. The zero-order valence-corrected chi connectivity index (χ0v) is 37.4. The average Bonchev–Trinajstić information content (AvgIpc) is 4.15. The van der Waals surface area contributed by atoms with Crippen LogP contribution in [0.5, 0.6) is 5.75 Å². The number of allylic oxidation sites excluding steroid dienone is 1. The number of phosphoric acid groups is 1. The standard InChI is InChI=1S/C46H54N7O10P/c1-28(2)41(51-46(57)61-4)44(55)52-22-6-8-39(52)36-25-34(26-47-36)32-14-12-30(13-15-32)31-16-18-33(19-17-31)38-27-48-42(49-38)40-9-7-23-53(40)43(54)37(50-45(56)60-3)24-29-10-20-35(21-11-29)63-64(58,59)62-5/h10-21,26-28,37,39-41H,6-9,22-25H2,1-5H3,(H,48,49)(H,50,56)(H,51,57)(H,58,59)/t37-,39-,40-,41-/m0/s1. The number of carbonyl (C=O) groups is 4. The van der Waals surface area contributed by atoms with E-state index in [1.165, 1.54) is 26.4 Å². The highest BCUT2D eigenvalue weighted by Gasteiger charge is 2.39. The molecule has 0 radical (unpaired) electrons. The van der Waals surface area contributed by atoms with E-state index in [1.807, 2.05) is 37.1 Å². The number of methoxy groups -OCH3 is 2. The van der Waals surface area contributed by atoms with Crippen LogP contribution in [0.1, 0.15) is 68.9 Å². The third kappa shape index (κ3) is 10.6. The van der Waals surface area contributed by atoms with E-state index in [1.54, 1.807) is 23.2 Å². The van der Waals surface area contributed by atoms with E-state index in [9.17, 15) is 28.6 Å². The van der Waals surface area contributed by atoms with Crippen LogP contribution in [0.2, 0.25) is 0 Å². The molecule has 3 aromatic carbocycles. The number of hydrogen-bond donors (Lipinski definition) is 4. The van der Waals surface area contributed by atoms with Gasteiger partial charge in [-0.3, -0.25) is 24.0 Å². The highest BCUT2D eigenvalue weighted by Crippen LogP contribution is 2.43. The number of likely N-dealkylation sites (tertiary alicyclic amines) is 2. The Morgan fingerprint density at radius 1 is 0.797 bits per heavy atom. The number of nitrogens with zero attached hydrogens (tertiary/aromatic N) is 4. The van der Waals surface area contributed by atoms with Crippen molar-refractivity contribution >= 4 is 43.1 Å². The Balaban J connectivity index is 0.968. The van der Waals surface area contributed by atoms with Crippen molar-refractivity contribution in [2.45, 2.75) is 76.5 Å². The number of hydrogen-bond acceptors (Lipinski definition) is 11. The van der Waals surface area contributed by atoms with Gasteiger partial charge in [0.15, 0.2) is 0 Å². The molecule has 3 aliphatic heterocycles. The predicted octanol–water partition coefficient (Wildman–Crippen LogP) is 7.06. The van der Waals surface area contributed by atoms with E-state index in [0.29, 0.717) is 37.3 Å². The van der Waals surface area contributed by atoms with Crippen LogP contribution in [0, 0.1) is 5.92 Å². The van der Waals surface area contributed by atoms with Gasteiger partial charge in [-0.15, -0.1) is 0 Å². The number of phosphoric ester groups is 1. The second-order valence-corrected chi connectivity index (χ2v) is 17.8. The van der Waals surface area contributed by atoms with Gasteiger partial charge in [0.1, 0.15) is 23.7 Å². The fourth-order valence-corrected chi connectivity index (χ4v) is 8.93. The molecule has 4 amide bonds. The third-order valence-electron chi connectivity index (χ3n) is 11.9. The molecular formula is C46H54N7O10P. The molecule has 4 N–H and O–H groups in total. The summed E-state index contributed by atoms with van der Waals surface area (Å²) in [5.74, 6) is 0.235. The number of nitrogens with one attached hydrogen (secondary N) is 3. The van der Waals surface area contributed by atoms with Gasteiger partial charge in [0.05, 0.1) is 38.2 Å². The van der Waals surface area contributed by atoms with Crippen LogP contribution in [-0.4, -0.2) is 107 Å². The lowest BCUT2D eigenvalue weighted by Crippen LogP contribution is -2.53. The number of rotatable bonds is 15. The van der Waals surface area contributed by atoms with Gasteiger partial charge in [-0.2, -0.15) is 0 Å². The summed E-state index contributed by atoms with van der Waals surface area (Å²) in [4.78, 5) is 78.1. The van der Waals surface area contributed by atoms with Crippen molar-refractivity contribution in [3.05, 3.63) is 102 Å². The van der Waals surface area contributed by atoms with Crippen LogP contribution in [0.25, 0.3) is 28.0 Å². The molecule has 0 aliphatic carbocycles. The number of aromatic nitrogens is 2. The number of alkyl carbamates (subject to hydrolysis) is 2. The Labute approximate surface area is 371 Å². The van der Waals surface area contributed by atoms with Gasteiger partial charge >= 0.3 is 20.0 Å². The van der Waals surface area contributed by atoms with Crippen LogP contribution in [0.3, 0.4) is 0 Å². The van der Waals surface area contributed by atoms with Crippen molar-refractivity contribution in [2.75, 3.05) is 34.4 Å². The Bertz CT molecular complexity index is 2440. The SMILES string of the molecule is COC(=O)N[C@@H](Cc1ccc(OP(=O)(O)OC)cc1)C(=O)N1CCC[C@H]1c1ncc(-c2ccc(-c3ccc(C4=CN=C([C@@H]5CCCN5C(=O)[C@@H](NC(=O)OC)C(C)C)C4)cc3)cc2)[nH]1. The topological polar surface area (TPSA) is 214 Å². The van der Waals surface area contributed by atoms with Gasteiger partial charge < -0.3 is 39.4 Å². The van der Waals surface area contributed by atoms with Crippen molar-refractivity contribution in [3.63, 3.8) is 0 Å². The van der Waals surface area contributed by atoms with E-state index in [4.69, 9.17) is 19.0 Å². The molecule has 3 aliphatic rings. The van der Waals surface area contributed by atoms with Gasteiger partial charge in [0.25, 0.3) is 0 Å². The van der Waals surface area contributed by atoms with Crippen LogP contribution in [-0.2, 0) is 34.6 Å². The number of ether oxygens (including phenoxy) is 2. The maximum Gasteiger partial charge on any atom is 0.527 e. The summed E-state index contributed by atoms with van der Waals surface area (Å²) in [7, 11) is -0.658. The fourth-order valence-electron chi connectivity index (χ4n) is 8.46. The molecule has 64 heavy (non-hydrogen) atoms. The number of aromatic amines is 1. The molecule has 338 valence electrons. The van der Waals surface area contributed by atoms with Crippen molar-refractivity contribution in [3.8, 4) is 28.1 Å². The van der Waals surface area contributed by atoms with Crippen molar-refractivity contribution < 1.29 is 47.2 Å². The second kappa shape index (κ2) is 20.0. The van der Waals surface area contributed by atoms with Crippen molar-refractivity contribution in [1.82, 2.24) is 30.4 Å². The summed E-state index contributed by atoms with van der Waals surface area (Å²) < 4.78 is 30.9. The molecule has 0 bridgehead atoms. The Hall–Kier alpha value is -6.29. The fraction of sp³-hybridized carbons (Fsp3) is 0.391. The maximum atomic E-state index is 14.1. The largest absolute Gasteiger partial charge is 0.527 e. The molecule has 17 nitrogen and oxygen atoms in total. The first-order chi connectivity index (χ1) is 30.8. The zero-order valence-electron chi connectivity index (χ0n) is 36.5. The van der Waals surface area contributed by atoms with Crippen LogP contribution in [0.4, 0.5) is 9.59 Å². The molecule has 0 spiro atoms. The predicted molar refractivity (Wildman–Crippen MR) is 239 cm³/mol. The lowest BCUT2D eigenvalue weighted by molar-refractivity contribution is -0.135. The lowest BCUT2D eigenvalue weighted by atomic mass is 9.95. The number of benzene rings is 3. The van der Waals surface area contributed by atoms with Gasteiger partial charge in [-0.05, 0) is 77.1 Å². The molecule has 4 aromatic rings. The Morgan fingerprint density at radius 2 is 1.38 bits per heavy atom. The van der Waals surface area contributed by atoms with Crippen molar-refractivity contribution in [2.24, 2.45) is 10.9 Å². The minimum absolute atomic E-state index is 0.102. The van der Waals surface area contributed by atoms with Gasteiger partial charge in [0.2, 0.25) is 11.8 Å². The molecule has 4 heterocycles. The number of amides is 4. The summed E-state index contributed by atoms with van der Waals surface area (Å²) in [5.41, 5.74) is 7.58. The van der Waals surface area contributed by atoms with Gasteiger partial charge in [0, 0.05) is 45.0 Å². The number of carbonyl (C=O) groups excluding carboxylic acids is 4. The highest BCUT2D eigenvalue weighted by molar-refractivity contribution is 7.47. The maximum absolute atomic E-state index is 14.1. The molecule has 2 saturated heterocycles. The molecule has 5 atom stereocenters. The molecule has 2 fully saturated rings. The van der Waals surface area contributed by atoms with E-state index in [-0.39, 0.29) is 42.0 Å². The molecule has 7 rings (SSSR count). The van der Waals surface area contributed by atoms with Crippen LogP contribution >= 0.6 is 7.82 Å². The minimum Gasteiger partial charge on any atom is -0.453 e. The van der Waals surface area contributed by atoms with E-state index >= 15 is 0 Å². The molecule has 18 heteroatoms. The molecule has 1 aromatic heterocycles. The number of H-pyrrole nitrogens is 1. The van der Waals surface area contributed by atoms with Gasteiger partial charge in [-0.25, -0.2) is 19.1 Å². The second-order valence-electron chi connectivity index (χ2n) is 16.3. The minimum atomic E-state index is -4.24. The lowest BCUT2D eigenvalue weighted by Gasteiger charge is -2.31. The first kappa shape index (κ1) is 45.7. The normalized spacial score (nSPS) is 19.0. The Morgan fingerprint density at radius 3 is 1.98 bits per heavy atom. The zero-order chi connectivity index (χ0) is 45.5. The van der Waals surface area contributed by atoms with Crippen LogP contribution < -0.4 is 15.2 Å². The smallest absolute Gasteiger partial charge is 0.453 e. The summed E-state index contributed by atoms with van der Waals surface area (Å²) in [6.07, 6.45) is 6.18. The third-order valence-corrected chi connectivity index (χ3v) is 12.8. The van der Waals surface area contributed by atoms with E-state index in [0.717, 1.165) is 65.6 Å². The monoisotopic (exact) mass is 895 g/mol. The first-order valence-corrected chi connectivity index (χ1v) is 22.8. The number of aliphatic imine (C=N–C) groups is 1. The van der Waals surface area contributed by atoms with Gasteiger partial charge in [-0.1, -0.05) is 74.5 Å². The highest BCUT2D eigenvalue weighted by atomic mass is 31.2. The summed E-state index contributed by atoms with van der Waals surface area (Å²) in [6.45, 7) is 4.90. The van der Waals surface area contributed by atoms with E-state index < -0.39 is 32.1 Å².